The van der Waals surface area contributed by atoms with Gasteiger partial charge in [-0.3, -0.25) is 9.88 Å². The minimum Gasteiger partial charge on any atom is -0.461 e. The van der Waals surface area contributed by atoms with Gasteiger partial charge in [0.2, 0.25) is 0 Å². The van der Waals surface area contributed by atoms with Gasteiger partial charge in [0.25, 0.3) is 0 Å². The van der Waals surface area contributed by atoms with Gasteiger partial charge in [-0.2, -0.15) is 0 Å². The third kappa shape index (κ3) is 3.66. The predicted octanol–water partition coefficient (Wildman–Crippen LogP) is 4.16. The average molecular weight is 399 g/mol. The Morgan fingerprint density at radius 2 is 2.03 bits per heavy atom. The van der Waals surface area contributed by atoms with Crippen molar-refractivity contribution in [3.05, 3.63) is 89.0 Å². The summed E-state index contributed by atoms with van der Waals surface area (Å²) in [6.07, 6.45) is 8.31. The monoisotopic (exact) mass is 399 g/mol. The van der Waals surface area contributed by atoms with E-state index in [0.717, 1.165) is 44.1 Å². The molecule has 30 heavy (non-hydrogen) atoms. The van der Waals surface area contributed by atoms with E-state index in [4.69, 9.17) is 9.40 Å². The van der Waals surface area contributed by atoms with Gasteiger partial charge in [0.15, 0.2) is 11.6 Å². The van der Waals surface area contributed by atoms with Crippen molar-refractivity contribution >= 4 is 0 Å². The number of furan rings is 1. The van der Waals surface area contributed by atoms with Crippen LogP contribution in [0.4, 0.5) is 0 Å². The second-order valence-electron chi connectivity index (χ2n) is 7.95. The third-order valence-electron chi connectivity index (χ3n) is 5.89. The van der Waals surface area contributed by atoms with Gasteiger partial charge in [-0.1, -0.05) is 6.07 Å². The van der Waals surface area contributed by atoms with Crippen LogP contribution in [0.15, 0.2) is 59.6 Å². The quantitative estimate of drug-likeness (QED) is 0.504. The molecule has 1 aliphatic heterocycles. The summed E-state index contributed by atoms with van der Waals surface area (Å²) < 4.78 is 7.82. The van der Waals surface area contributed by atoms with E-state index in [9.17, 15) is 0 Å². The van der Waals surface area contributed by atoms with E-state index < -0.39 is 0 Å². The van der Waals surface area contributed by atoms with E-state index >= 15 is 0 Å². The normalized spacial score (nSPS) is 14.1. The molecule has 0 fully saturated rings. The molecule has 4 aromatic rings. The molecule has 0 aliphatic carbocycles. The fraction of sp³-hybridized carbons (Fsp3) is 0.292. The molecule has 6 heteroatoms. The van der Waals surface area contributed by atoms with Crippen LogP contribution in [0.3, 0.4) is 0 Å². The number of aryl methyl sites for hydroxylation is 1. The second kappa shape index (κ2) is 7.88. The second-order valence-corrected chi connectivity index (χ2v) is 7.95. The maximum absolute atomic E-state index is 5.44. The summed E-state index contributed by atoms with van der Waals surface area (Å²) >= 11 is 0. The topological polar surface area (TPSA) is 60.0 Å². The molecule has 0 aromatic carbocycles. The highest BCUT2D eigenvalue weighted by molar-refractivity contribution is 5.47. The summed E-state index contributed by atoms with van der Waals surface area (Å²) in [6.45, 7) is 8.06. The highest BCUT2D eigenvalue weighted by Crippen LogP contribution is 2.24. The molecule has 4 aromatic heterocycles. The SMILES string of the molecule is Cc1cc(CN2CCc3nc(-c4ccco4)ncc3C2)c(C)n1Cc1cccnc1. The van der Waals surface area contributed by atoms with Gasteiger partial charge < -0.3 is 8.98 Å². The summed E-state index contributed by atoms with van der Waals surface area (Å²) in [6, 6.07) is 10.2. The lowest BCUT2D eigenvalue weighted by Gasteiger charge is -2.28. The molecule has 0 amide bonds. The van der Waals surface area contributed by atoms with E-state index in [1.54, 1.807) is 6.26 Å². The smallest absolute Gasteiger partial charge is 0.195 e. The largest absolute Gasteiger partial charge is 0.461 e. The molecule has 0 saturated carbocycles. The zero-order valence-electron chi connectivity index (χ0n) is 17.4. The van der Waals surface area contributed by atoms with Crippen molar-refractivity contribution in [2.75, 3.05) is 6.54 Å². The molecule has 0 N–H and O–H groups in total. The maximum Gasteiger partial charge on any atom is 0.195 e. The summed E-state index contributed by atoms with van der Waals surface area (Å²) in [5, 5.41) is 0. The lowest BCUT2D eigenvalue weighted by atomic mass is 10.1. The van der Waals surface area contributed by atoms with Crippen LogP contribution in [0, 0.1) is 13.8 Å². The summed E-state index contributed by atoms with van der Waals surface area (Å²) in [5.74, 6) is 1.40. The van der Waals surface area contributed by atoms with Crippen LogP contribution in [0.5, 0.6) is 0 Å². The molecule has 0 saturated heterocycles. The van der Waals surface area contributed by atoms with Crippen LogP contribution in [0.25, 0.3) is 11.6 Å². The van der Waals surface area contributed by atoms with Crippen molar-refractivity contribution in [1.82, 2.24) is 24.4 Å². The van der Waals surface area contributed by atoms with Crippen molar-refractivity contribution in [1.29, 1.82) is 0 Å². The zero-order valence-corrected chi connectivity index (χ0v) is 17.4. The van der Waals surface area contributed by atoms with Crippen LogP contribution in [0.2, 0.25) is 0 Å². The molecule has 152 valence electrons. The Morgan fingerprint density at radius 3 is 2.83 bits per heavy atom. The lowest BCUT2D eigenvalue weighted by Crippen LogP contribution is -2.31. The number of pyridine rings is 1. The zero-order chi connectivity index (χ0) is 20.5. The fourth-order valence-electron chi connectivity index (χ4n) is 4.22. The van der Waals surface area contributed by atoms with Gasteiger partial charge in [0, 0.05) is 68.1 Å². The van der Waals surface area contributed by atoms with Crippen molar-refractivity contribution in [2.24, 2.45) is 0 Å². The molecular weight excluding hydrogens is 374 g/mol. The Labute approximate surface area is 176 Å². The Kier molecular flexibility index (Phi) is 4.93. The first-order valence-corrected chi connectivity index (χ1v) is 10.3. The highest BCUT2D eigenvalue weighted by atomic mass is 16.3. The van der Waals surface area contributed by atoms with Crippen LogP contribution in [0.1, 0.15) is 33.8 Å². The van der Waals surface area contributed by atoms with E-state index in [0.29, 0.717) is 5.82 Å². The predicted molar refractivity (Wildman–Crippen MR) is 115 cm³/mol. The van der Waals surface area contributed by atoms with E-state index in [1.165, 1.54) is 28.1 Å². The van der Waals surface area contributed by atoms with Gasteiger partial charge in [0.1, 0.15) is 0 Å². The molecule has 0 atom stereocenters. The van der Waals surface area contributed by atoms with Crippen LogP contribution in [-0.4, -0.2) is 31.0 Å². The summed E-state index contributed by atoms with van der Waals surface area (Å²) in [7, 11) is 0. The number of hydrogen-bond acceptors (Lipinski definition) is 5. The maximum atomic E-state index is 5.44. The molecule has 5 heterocycles. The van der Waals surface area contributed by atoms with E-state index in [2.05, 4.69) is 45.4 Å². The first-order chi connectivity index (χ1) is 14.7. The standard InChI is InChI=1S/C24H25N5O/c1-17-11-20(18(2)29(17)14-19-5-3-8-25-12-19)15-28-9-7-22-21(16-28)13-26-24(27-22)23-6-4-10-30-23/h3-6,8,10-13H,7,9,14-16H2,1-2H3. The number of nitrogens with zero attached hydrogens (tertiary/aromatic N) is 5. The Morgan fingerprint density at radius 1 is 1.10 bits per heavy atom. The van der Waals surface area contributed by atoms with Crippen LogP contribution in [-0.2, 0) is 26.1 Å². The fourth-order valence-corrected chi connectivity index (χ4v) is 4.22. The molecule has 5 rings (SSSR count). The lowest BCUT2D eigenvalue weighted by molar-refractivity contribution is 0.242. The molecule has 6 nitrogen and oxygen atoms in total. The van der Waals surface area contributed by atoms with E-state index in [-0.39, 0.29) is 0 Å². The molecular formula is C24H25N5O. The Balaban J connectivity index is 1.31. The third-order valence-corrected chi connectivity index (χ3v) is 5.89. The van der Waals surface area contributed by atoms with Crippen molar-refractivity contribution in [3.8, 4) is 11.6 Å². The minimum atomic E-state index is 0.672. The number of rotatable bonds is 5. The number of aromatic nitrogens is 4. The summed E-state index contributed by atoms with van der Waals surface area (Å²) in [5.41, 5.74) is 7.56. The van der Waals surface area contributed by atoms with Crippen molar-refractivity contribution in [2.45, 2.75) is 39.9 Å². The molecule has 0 spiro atoms. The van der Waals surface area contributed by atoms with Gasteiger partial charge in [-0.15, -0.1) is 0 Å². The number of fused-ring (bicyclic) bond motifs is 1. The first kappa shape index (κ1) is 18.8. The van der Waals surface area contributed by atoms with E-state index in [1.807, 2.05) is 36.8 Å². The minimum absolute atomic E-state index is 0.672. The van der Waals surface area contributed by atoms with Crippen LogP contribution >= 0.6 is 0 Å². The van der Waals surface area contributed by atoms with Gasteiger partial charge in [-0.05, 0) is 49.2 Å². The Hall–Kier alpha value is -3.25. The van der Waals surface area contributed by atoms with Gasteiger partial charge in [-0.25, -0.2) is 9.97 Å². The molecule has 0 unspecified atom stereocenters. The first-order valence-electron chi connectivity index (χ1n) is 10.3. The average Bonchev–Trinajstić information content (AvgIpc) is 3.39. The molecule has 0 radical (unpaired) electrons. The number of hydrogen-bond donors (Lipinski definition) is 0. The Bertz CT molecular complexity index is 1150. The highest BCUT2D eigenvalue weighted by Gasteiger charge is 2.21. The van der Waals surface area contributed by atoms with Crippen molar-refractivity contribution < 1.29 is 4.42 Å². The molecule has 1 aliphatic rings. The van der Waals surface area contributed by atoms with Crippen LogP contribution < -0.4 is 0 Å². The molecule has 0 bridgehead atoms. The van der Waals surface area contributed by atoms with Crippen molar-refractivity contribution in [3.63, 3.8) is 0 Å². The van der Waals surface area contributed by atoms with Gasteiger partial charge >= 0.3 is 0 Å². The summed E-state index contributed by atoms with van der Waals surface area (Å²) in [4.78, 5) is 16.0. The van der Waals surface area contributed by atoms with Gasteiger partial charge in [0.05, 0.1) is 12.0 Å².